The second-order valence-corrected chi connectivity index (χ2v) is 7.00. The maximum absolute atomic E-state index is 12.7. The number of hydrogen-bond donors (Lipinski definition) is 2. The highest BCUT2D eigenvalue weighted by Gasteiger charge is 2.34. The third kappa shape index (κ3) is 3.35. The summed E-state index contributed by atoms with van der Waals surface area (Å²) in [6.45, 7) is 2.20. The van der Waals surface area contributed by atoms with Gasteiger partial charge < -0.3 is 10.6 Å². The third-order valence-electron chi connectivity index (χ3n) is 5.28. The van der Waals surface area contributed by atoms with Crippen molar-refractivity contribution in [3.63, 3.8) is 0 Å². The molecule has 0 unspecified atom stereocenters. The first kappa shape index (κ1) is 16.8. The zero-order valence-corrected chi connectivity index (χ0v) is 15.0. The molecule has 3 aromatic rings. The van der Waals surface area contributed by atoms with Crippen molar-refractivity contribution < 1.29 is 4.79 Å². The standard InChI is InChI=1S/C21H24N4O/c1-25-14-17(11-24-25)19-12-22-13-20(19)21(26)23-10-9-16-7-4-6-15-5-2-3-8-18(15)16/h2-8,11,14,19-20,22H,9-10,12-13H2,1H3,(H,23,26)/t19-,20+/m1/s1. The van der Waals surface area contributed by atoms with Crippen LogP contribution in [0.1, 0.15) is 17.0 Å². The average molecular weight is 348 g/mol. The minimum Gasteiger partial charge on any atom is -0.355 e. The molecule has 0 aliphatic carbocycles. The van der Waals surface area contributed by atoms with Crippen molar-refractivity contribution >= 4 is 16.7 Å². The molecule has 1 amide bonds. The Morgan fingerprint density at radius 1 is 1.23 bits per heavy atom. The van der Waals surface area contributed by atoms with E-state index in [1.807, 2.05) is 19.4 Å². The molecule has 2 heterocycles. The normalized spacial score (nSPS) is 19.7. The summed E-state index contributed by atoms with van der Waals surface area (Å²) in [7, 11) is 1.91. The number of nitrogens with zero attached hydrogens (tertiary/aromatic N) is 2. The van der Waals surface area contributed by atoms with E-state index in [1.54, 1.807) is 4.68 Å². The number of carbonyl (C=O) groups excluding carboxylic acids is 1. The second kappa shape index (κ2) is 7.30. The van der Waals surface area contributed by atoms with E-state index in [0.717, 1.165) is 25.1 Å². The zero-order chi connectivity index (χ0) is 17.9. The van der Waals surface area contributed by atoms with Crippen molar-refractivity contribution in [1.82, 2.24) is 20.4 Å². The molecular formula is C21H24N4O. The van der Waals surface area contributed by atoms with Crippen LogP contribution in [-0.4, -0.2) is 35.3 Å². The summed E-state index contributed by atoms with van der Waals surface area (Å²) in [5.41, 5.74) is 2.41. The number of carbonyl (C=O) groups is 1. The van der Waals surface area contributed by atoms with Crippen LogP contribution in [0.15, 0.2) is 54.9 Å². The summed E-state index contributed by atoms with van der Waals surface area (Å²) in [5, 5.41) is 13.2. The van der Waals surface area contributed by atoms with E-state index in [2.05, 4.69) is 58.2 Å². The maximum Gasteiger partial charge on any atom is 0.225 e. The lowest BCUT2D eigenvalue weighted by atomic mass is 9.90. The fourth-order valence-corrected chi connectivity index (χ4v) is 3.90. The van der Waals surface area contributed by atoms with Gasteiger partial charge in [-0.2, -0.15) is 5.10 Å². The first-order valence-corrected chi connectivity index (χ1v) is 9.16. The minimum absolute atomic E-state index is 0.0354. The Kier molecular flexibility index (Phi) is 4.71. The van der Waals surface area contributed by atoms with Gasteiger partial charge in [0.15, 0.2) is 0 Å². The third-order valence-corrected chi connectivity index (χ3v) is 5.28. The number of nitrogens with one attached hydrogen (secondary N) is 2. The number of hydrogen-bond acceptors (Lipinski definition) is 3. The second-order valence-electron chi connectivity index (χ2n) is 7.00. The van der Waals surface area contributed by atoms with Gasteiger partial charge in [-0.15, -0.1) is 0 Å². The highest BCUT2D eigenvalue weighted by Crippen LogP contribution is 2.28. The number of rotatable bonds is 5. The van der Waals surface area contributed by atoms with Gasteiger partial charge in [-0.3, -0.25) is 9.48 Å². The minimum atomic E-state index is -0.0354. The predicted octanol–water partition coefficient (Wildman–Crippen LogP) is 2.24. The average Bonchev–Trinajstić information content (AvgIpc) is 3.30. The smallest absolute Gasteiger partial charge is 0.225 e. The van der Waals surface area contributed by atoms with E-state index >= 15 is 0 Å². The number of fused-ring (bicyclic) bond motifs is 1. The molecule has 1 saturated heterocycles. The van der Waals surface area contributed by atoms with Gasteiger partial charge in [0.1, 0.15) is 0 Å². The Morgan fingerprint density at radius 2 is 2.08 bits per heavy atom. The van der Waals surface area contributed by atoms with Crippen LogP contribution in [0.25, 0.3) is 10.8 Å². The number of amides is 1. The molecule has 1 aliphatic rings. The van der Waals surface area contributed by atoms with Crippen LogP contribution in [0.5, 0.6) is 0 Å². The zero-order valence-electron chi connectivity index (χ0n) is 15.0. The van der Waals surface area contributed by atoms with Gasteiger partial charge in [0.2, 0.25) is 5.91 Å². The predicted molar refractivity (Wildman–Crippen MR) is 103 cm³/mol. The molecule has 5 nitrogen and oxygen atoms in total. The number of aryl methyl sites for hydroxylation is 1. The van der Waals surface area contributed by atoms with Crippen molar-refractivity contribution in [2.45, 2.75) is 12.3 Å². The fraction of sp³-hybridized carbons (Fsp3) is 0.333. The number of benzene rings is 2. The Hall–Kier alpha value is -2.66. The van der Waals surface area contributed by atoms with Crippen LogP contribution >= 0.6 is 0 Å². The summed E-state index contributed by atoms with van der Waals surface area (Å²) < 4.78 is 1.79. The van der Waals surface area contributed by atoms with Gasteiger partial charge in [-0.05, 0) is 28.3 Å². The first-order valence-electron chi connectivity index (χ1n) is 9.16. The van der Waals surface area contributed by atoms with Gasteiger partial charge in [-0.25, -0.2) is 0 Å². The maximum atomic E-state index is 12.7. The molecule has 2 atom stereocenters. The molecule has 1 aliphatic heterocycles. The molecule has 2 N–H and O–H groups in total. The molecule has 5 heteroatoms. The van der Waals surface area contributed by atoms with Crippen LogP contribution in [0.4, 0.5) is 0 Å². The van der Waals surface area contributed by atoms with Crippen LogP contribution < -0.4 is 10.6 Å². The van der Waals surface area contributed by atoms with E-state index in [4.69, 9.17) is 0 Å². The lowest BCUT2D eigenvalue weighted by Gasteiger charge is -2.17. The molecule has 2 aromatic carbocycles. The van der Waals surface area contributed by atoms with E-state index in [1.165, 1.54) is 16.3 Å². The molecule has 4 rings (SSSR count). The van der Waals surface area contributed by atoms with Gasteiger partial charge in [0, 0.05) is 38.8 Å². The number of aromatic nitrogens is 2. The monoisotopic (exact) mass is 348 g/mol. The van der Waals surface area contributed by atoms with Gasteiger partial charge in [-0.1, -0.05) is 42.5 Å². The van der Waals surface area contributed by atoms with Crippen molar-refractivity contribution in [3.05, 3.63) is 66.0 Å². The van der Waals surface area contributed by atoms with Crippen LogP contribution in [0.2, 0.25) is 0 Å². The first-order chi connectivity index (χ1) is 12.7. The lowest BCUT2D eigenvalue weighted by Crippen LogP contribution is -2.35. The summed E-state index contributed by atoms with van der Waals surface area (Å²) >= 11 is 0. The molecular weight excluding hydrogens is 324 g/mol. The van der Waals surface area contributed by atoms with Crippen molar-refractivity contribution in [2.75, 3.05) is 19.6 Å². The fourth-order valence-electron chi connectivity index (χ4n) is 3.90. The van der Waals surface area contributed by atoms with Gasteiger partial charge in [0.25, 0.3) is 0 Å². The van der Waals surface area contributed by atoms with E-state index in [9.17, 15) is 4.79 Å². The SMILES string of the molecule is Cn1cc([C@H]2CNC[C@@H]2C(=O)NCCc2cccc3ccccc23)cn1. The Bertz CT molecular complexity index is 912. The molecule has 0 radical (unpaired) electrons. The Balaban J connectivity index is 1.39. The molecule has 1 aromatic heterocycles. The van der Waals surface area contributed by atoms with Crippen molar-refractivity contribution in [1.29, 1.82) is 0 Å². The molecule has 0 spiro atoms. The van der Waals surface area contributed by atoms with Crippen molar-refractivity contribution in [2.24, 2.45) is 13.0 Å². The quantitative estimate of drug-likeness (QED) is 0.743. The van der Waals surface area contributed by atoms with E-state index in [-0.39, 0.29) is 17.7 Å². The highest BCUT2D eigenvalue weighted by atomic mass is 16.1. The largest absolute Gasteiger partial charge is 0.355 e. The van der Waals surface area contributed by atoms with Crippen LogP contribution in [-0.2, 0) is 18.3 Å². The van der Waals surface area contributed by atoms with Crippen molar-refractivity contribution in [3.8, 4) is 0 Å². The Labute approximate surface area is 153 Å². The van der Waals surface area contributed by atoms with Gasteiger partial charge in [0.05, 0.1) is 12.1 Å². The molecule has 134 valence electrons. The Morgan fingerprint density at radius 3 is 2.92 bits per heavy atom. The van der Waals surface area contributed by atoms with E-state index < -0.39 is 0 Å². The summed E-state index contributed by atoms with van der Waals surface area (Å²) in [4.78, 5) is 12.7. The van der Waals surface area contributed by atoms with Crippen LogP contribution in [0.3, 0.4) is 0 Å². The summed E-state index contributed by atoms with van der Waals surface area (Å²) in [6, 6.07) is 14.7. The summed E-state index contributed by atoms with van der Waals surface area (Å²) in [5.74, 6) is 0.289. The molecule has 0 saturated carbocycles. The highest BCUT2D eigenvalue weighted by molar-refractivity contribution is 5.85. The van der Waals surface area contributed by atoms with Gasteiger partial charge >= 0.3 is 0 Å². The molecule has 26 heavy (non-hydrogen) atoms. The lowest BCUT2D eigenvalue weighted by molar-refractivity contribution is -0.124. The van der Waals surface area contributed by atoms with E-state index in [0.29, 0.717) is 6.54 Å². The topological polar surface area (TPSA) is 59.0 Å². The van der Waals surface area contributed by atoms with Crippen LogP contribution in [0, 0.1) is 5.92 Å². The molecule has 0 bridgehead atoms. The molecule has 1 fully saturated rings. The summed E-state index contributed by atoms with van der Waals surface area (Å²) in [6.07, 6.45) is 4.72.